The fourth-order valence-electron chi connectivity index (χ4n) is 4.66. The summed E-state index contributed by atoms with van der Waals surface area (Å²) >= 11 is 0. The second kappa shape index (κ2) is 12.5. The molecule has 4 rings (SSSR count). The van der Waals surface area contributed by atoms with Gasteiger partial charge >= 0.3 is 0 Å². The molecule has 2 atom stereocenters. The standard InChI is InChI=1S/C33H36N2O2/c1-33(2,28-21-13-6-14-22-28)34-24-30(36)29(23-25-15-7-3-8-16-25)35-32(37)31(26-17-9-4-10-18-26)27-19-11-5-12-20-27/h3-22,29-31,34,36H,23-24H2,1-2H3,(H,35,37)/t29-,30+/m0/s1. The lowest BCUT2D eigenvalue weighted by Gasteiger charge is -2.32. The molecule has 0 aliphatic heterocycles. The Hall–Kier alpha value is -3.73. The quantitative estimate of drug-likeness (QED) is 0.262. The molecule has 4 heteroatoms. The monoisotopic (exact) mass is 492 g/mol. The molecular formula is C33H36N2O2. The number of nitrogens with one attached hydrogen (secondary N) is 2. The Morgan fingerprint density at radius 1 is 0.730 bits per heavy atom. The first kappa shape index (κ1) is 26.3. The van der Waals surface area contributed by atoms with Gasteiger partial charge in [-0.3, -0.25) is 4.79 Å². The molecule has 4 aromatic rings. The number of benzene rings is 4. The van der Waals surface area contributed by atoms with Crippen LogP contribution in [0.5, 0.6) is 0 Å². The van der Waals surface area contributed by atoms with Crippen LogP contribution in [0.4, 0.5) is 0 Å². The van der Waals surface area contributed by atoms with Crippen molar-refractivity contribution in [3.8, 4) is 0 Å². The van der Waals surface area contributed by atoms with Gasteiger partial charge in [-0.25, -0.2) is 0 Å². The van der Waals surface area contributed by atoms with Crippen LogP contribution >= 0.6 is 0 Å². The third-order valence-corrected chi connectivity index (χ3v) is 6.87. The second-order valence-electron chi connectivity index (χ2n) is 10.00. The Balaban J connectivity index is 1.56. The van der Waals surface area contributed by atoms with Gasteiger partial charge in [-0.05, 0) is 42.5 Å². The summed E-state index contributed by atoms with van der Waals surface area (Å²) < 4.78 is 0. The molecule has 0 heterocycles. The van der Waals surface area contributed by atoms with Crippen LogP contribution in [0.25, 0.3) is 0 Å². The number of amides is 1. The van der Waals surface area contributed by atoms with Crippen LogP contribution in [0.2, 0.25) is 0 Å². The van der Waals surface area contributed by atoms with Gasteiger partial charge < -0.3 is 15.7 Å². The van der Waals surface area contributed by atoms with E-state index in [2.05, 4.69) is 36.6 Å². The highest BCUT2D eigenvalue weighted by Gasteiger charge is 2.29. The third-order valence-electron chi connectivity index (χ3n) is 6.87. The van der Waals surface area contributed by atoms with Gasteiger partial charge in [0.15, 0.2) is 0 Å². The van der Waals surface area contributed by atoms with Gasteiger partial charge in [-0.2, -0.15) is 0 Å². The Morgan fingerprint density at radius 2 is 1.19 bits per heavy atom. The molecule has 4 nitrogen and oxygen atoms in total. The van der Waals surface area contributed by atoms with Gasteiger partial charge in [0.1, 0.15) is 0 Å². The molecule has 0 bridgehead atoms. The predicted octanol–water partition coefficient (Wildman–Crippen LogP) is 5.43. The normalized spacial score (nSPS) is 13.2. The zero-order chi connectivity index (χ0) is 26.1. The van der Waals surface area contributed by atoms with Crippen LogP contribution in [-0.4, -0.2) is 29.7 Å². The summed E-state index contributed by atoms with van der Waals surface area (Å²) in [5.74, 6) is -0.596. The maximum atomic E-state index is 13.8. The van der Waals surface area contributed by atoms with Crippen molar-refractivity contribution in [3.63, 3.8) is 0 Å². The van der Waals surface area contributed by atoms with Crippen molar-refractivity contribution in [3.05, 3.63) is 144 Å². The molecule has 0 aliphatic rings. The van der Waals surface area contributed by atoms with Crippen molar-refractivity contribution in [2.75, 3.05) is 6.54 Å². The lowest BCUT2D eigenvalue weighted by Crippen LogP contribution is -2.52. The van der Waals surface area contributed by atoms with Crippen molar-refractivity contribution in [2.24, 2.45) is 0 Å². The van der Waals surface area contributed by atoms with Crippen LogP contribution < -0.4 is 10.6 Å². The molecule has 0 spiro atoms. The van der Waals surface area contributed by atoms with Gasteiger partial charge in [-0.15, -0.1) is 0 Å². The number of aliphatic hydroxyl groups excluding tert-OH is 1. The smallest absolute Gasteiger partial charge is 0.232 e. The summed E-state index contributed by atoms with van der Waals surface area (Å²) in [5, 5.41) is 18.1. The van der Waals surface area contributed by atoms with Gasteiger partial charge in [-0.1, -0.05) is 121 Å². The average molecular weight is 493 g/mol. The van der Waals surface area contributed by atoms with Crippen LogP contribution in [0.1, 0.15) is 42.0 Å². The molecule has 0 unspecified atom stereocenters. The first-order valence-electron chi connectivity index (χ1n) is 12.9. The van der Waals surface area contributed by atoms with Crippen LogP contribution in [0.15, 0.2) is 121 Å². The van der Waals surface area contributed by atoms with E-state index in [1.165, 1.54) is 0 Å². The lowest BCUT2D eigenvalue weighted by molar-refractivity contribution is -0.123. The van der Waals surface area contributed by atoms with E-state index in [9.17, 15) is 9.90 Å². The fourth-order valence-corrected chi connectivity index (χ4v) is 4.66. The topological polar surface area (TPSA) is 61.4 Å². The number of aliphatic hydroxyl groups is 1. The summed E-state index contributed by atoms with van der Waals surface area (Å²) in [6, 6.07) is 39.3. The number of hydrogen-bond acceptors (Lipinski definition) is 3. The summed E-state index contributed by atoms with van der Waals surface area (Å²) in [4.78, 5) is 13.8. The number of carbonyl (C=O) groups is 1. The Labute approximate surface area is 220 Å². The van der Waals surface area contributed by atoms with E-state index in [0.717, 1.165) is 22.3 Å². The number of hydrogen-bond donors (Lipinski definition) is 3. The number of carbonyl (C=O) groups excluding carboxylic acids is 1. The van der Waals surface area contributed by atoms with Crippen LogP contribution in [0, 0.1) is 0 Å². The molecule has 0 saturated carbocycles. The highest BCUT2D eigenvalue weighted by molar-refractivity contribution is 5.87. The summed E-state index contributed by atoms with van der Waals surface area (Å²) in [5.41, 5.74) is 3.70. The average Bonchev–Trinajstić information content (AvgIpc) is 2.94. The maximum absolute atomic E-state index is 13.8. The van der Waals surface area contributed by atoms with E-state index in [1.807, 2.05) is 109 Å². The Morgan fingerprint density at radius 3 is 1.70 bits per heavy atom. The molecular weight excluding hydrogens is 456 g/mol. The Kier molecular flexibility index (Phi) is 8.89. The number of rotatable bonds is 11. The SMILES string of the molecule is CC(C)(NC[C@@H](O)[C@H](Cc1ccccc1)NC(=O)C(c1ccccc1)c1ccccc1)c1ccccc1. The molecule has 3 N–H and O–H groups in total. The zero-order valence-corrected chi connectivity index (χ0v) is 21.5. The van der Waals surface area contributed by atoms with Crippen LogP contribution in [0.3, 0.4) is 0 Å². The maximum Gasteiger partial charge on any atom is 0.232 e. The van der Waals surface area contributed by atoms with E-state index < -0.39 is 18.1 Å². The minimum atomic E-state index is -0.792. The van der Waals surface area contributed by atoms with Gasteiger partial charge in [0.05, 0.1) is 18.1 Å². The predicted molar refractivity (Wildman–Crippen MR) is 150 cm³/mol. The van der Waals surface area contributed by atoms with Crippen molar-refractivity contribution in [2.45, 2.75) is 43.9 Å². The highest BCUT2D eigenvalue weighted by Crippen LogP contribution is 2.25. The summed E-state index contributed by atoms with van der Waals surface area (Å²) in [7, 11) is 0. The van der Waals surface area contributed by atoms with E-state index in [0.29, 0.717) is 13.0 Å². The van der Waals surface area contributed by atoms with E-state index in [4.69, 9.17) is 0 Å². The summed E-state index contributed by atoms with van der Waals surface area (Å²) in [6.45, 7) is 4.53. The largest absolute Gasteiger partial charge is 0.390 e. The minimum Gasteiger partial charge on any atom is -0.390 e. The molecule has 0 radical (unpaired) electrons. The van der Waals surface area contributed by atoms with Crippen molar-refractivity contribution >= 4 is 5.91 Å². The molecule has 0 aliphatic carbocycles. The summed E-state index contributed by atoms with van der Waals surface area (Å²) in [6.07, 6.45) is -0.267. The van der Waals surface area contributed by atoms with E-state index in [-0.39, 0.29) is 11.4 Å². The van der Waals surface area contributed by atoms with Gasteiger partial charge in [0.25, 0.3) is 0 Å². The van der Waals surface area contributed by atoms with Crippen LogP contribution in [-0.2, 0) is 16.8 Å². The molecule has 0 saturated heterocycles. The van der Waals surface area contributed by atoms with Crippen molar-refractivity contribution in [1.29, 1.82) is 0 Å². The van der Waals surface area contributed by atoms with E-state index in [1.54, 1.807) is 0 Å². The van der Waals surface area contributed by atoms with Crippen molar-refractivity contribution < 1.29 is 9.90 Å². The molecule has 0 fully saturated rings. The first-order valence-corrected chi connectivity index (χ1v) is 12.9. The molecule has 4 aromatic carbocycles. The Bertz CT molecular complexity index is 1190. The molecule has 1 amide bonds. The zero-order valence-electron chi connectivity index (χ0n) is 21.5. The van der Waals surface area contributed by atoms with E-state index >= 15 is 0 Å². The first-order chi connectivity index (χ1) is 17.9. The fraction of sp³-hybridized carbons (Fsp3) is 0.242. The molecule has 37 heavy (non-hydrogen) atoms. The molecule has 0 aromatic heterocycles. The minimum absolute atomic E-state index is 0.125. The second-order valence-corrected chi connectivity index (χ2v) is 10.00. The highest BCUT2D eigenvalue weighted by atomic mass is 16.3. The third kappa shape index (κ3) is 7.16. The lowest BCUT2D eigenvalue weighted by atomic mass is 9.89. The van der Waals surface area contributed by atoms with Gasteiger partial charge in [0.2, 0.25) is 5.91 Å². The van der Waals surface area contributed by atoms with Crippen molar-refractivity contribution in [1.82, 2.24) is 10.6 Å². The molecule has 190 valence electrons. The van der Waals surface area contributed by atoms with Gasteiger partial charge in [0, 0.05) is 12.1 Å².